The Labute approximate surface area is 132 Å². The summed E-state index contributed by atoms with van der Waals surface area (Å²) in [6.45, 7) is 3.95. The van der Waals surface area contributed by atoms with Crippen LogP contribution in [0.15, 0.2) is 30.3 Å². The van der Waals surface area contributed by atoms with Crippen molar-refractivity contribution in [3.8, 4) is 0 Å². The van der Waals surface area contributed by atoms with E-state index in [-0.39, 0.29) is 12.1 Å². The van der Waals surface area contributed by atoms with Gasteiger partial charge in [0.15, 0.2) is 0 Å². The molecule has 1 aromatic rings. The summed E-state index contributed by atoms with van der Waals surface area (Å²) in [5.74, 6) is 0. The zero-order valence-electron chi connectivity index (χ0n) is 13.5. The van der Waals surface area contributed by atoms with E-state index < -0.39 is 5.60 Å². The van der Waals surface area contributed by atoms with E-state index in [2.05, 4.69) is 27.7 Å². The average molecular weight is 305 g/mol. The maximum Gasteiger partial charge on any atom is 0.315 e. The minimum absolute atomic E-state index is 0.0461. The number of nitrogens with zero attached hydrogens (tertiary/aromatic N) is 1. The number of benzene rings is 1. The Hall–Kier alpha value is -1.59. The molecule has 2 rings (SSSR count). The number of amides is 2. The zero-order chi connectivity index (χ0) is 16.0. The van der Waals surface area contributed by atoms with Crippen molar-refractivity contribution in [2.24, 2.45) is 0 Å². The molecule has 0 heterocycles. The van der Waals surface area contributed by atoms with Crippen molar-refractivity contribution in [2.75, 3.05) is 20.1 Å². The standard InChI is InChI=1S/C17H27N3O2/c1-14(11-20(2)12-15-7-4-3-5-8-15)19-16(21)18-13-17(22)9-6-10-17/h3-5,7-8,14,22H,6,9-13H2,1-2H3,(H2,18,19,21). The molecule has 0 bridgehead atoms. The summed E-state index contributed by atoms with van der Waals surface area (Å²) in [6.07, 6.45) is 2.60. The van der Waals surface area contributed by atoms with Crippen LogP contribution in [0.1, 0.15) is 31.7 Å². The first-order chi connectivity index (χ1) is 10.5. The molecule has 1 saturated carbocycles. The molecule has 1 atom stereocenters. The Balaban J connectivity index is 1.65. The van der Waals surface area contributed by atoms with Crippen LogP contribution < -0.4 is 10.6 Å². The van der Waals surface area contributed by atoms with E-state index in [4.69, 9.17) is 0 Å². The van der Waals surface area contributed by atoms with Gasteiger partial charge < -0.3 is 20.6 Å². The van der Waals surface area contributed by atoms with Crippen LogP contribution in [-0.4, -0.2) is 47.8 Å². The predicted octanol–water partition coefficient (Wildman–Crippen LogP) is 1.72. The molecule has 0 saturated heterocycles. The number of hydrogen-bond donors (Lipinski definition) is 3. The number of likely N-dealkylation sites (N-methyl/N-ethyl adjacent to an activating group) is 1. The lowest BCUT2D eigenvalue weighted by Gasteiger charge is -2.36. The molecule has 1 aromatic carbocycles. The van der Waals surface area contributed by atoms with E-state index in [9.17, 15) is 9.90 Å². The van der Waals surface area contributed by atoms with Gasteiger partial charge in [0, 0.05) is 25.7 Å². The van der Waals surface area contributed by atoms with Gasteiger partial charge in [0.05, 0.1) is 5.60 Å². The minimum atomic E-state index is -0.676. The van der Waals surface area contributed by atoms with Crippen LogP contribution in [0.25, 0.3) is 0 Å². The van der Waals surface area contributed by atoms with Crippen LogP contribution in [0.4, 0.5) is 4.79 Å². The monoisotopic (exact) mass is 305 g/mol. The predicted molar refractivity (Wildman–Crippen MR) is 87.6 cm³/mol. The highest BCUT2D eigenvalue weighted by atomic mass is 16.3. The summed E-state index contributed by atoms with van der Waals surface area (Å²) in [5.41, 5.74) is 0.582. The Bertz CT molecular complexity index is 474. The quantitative estimate of drug-likeness (QED) is 0.719. The van der Waals surface area contributed by atoms with Crippen molar-refractivity contribution in [1.29, 1.82) is 0 Å². The molecular weight excluding hydrogens is 278 g/mol. The first-order valence-electron chi connectivity index (χ1n) is 7.96. The highest BCUT2D eigenvalue weighted by molar-refractivity contribution is 5.74. The molecule has 0 aliphatic heterocycles. The van der Waals surface area contributed by atoms with Crippen LogP contribution in [-0.2, 0) is 6.54 Å². The van der Waals surface area contributed by atoms with Crippen LogP contribution in [0, 0.1) is 0 Å². The maximum absolute atomic E-state index is 11.8. The van der Waals surface area contributed by atoms with Crippen LogP contribution >= 0.6 is 0 Å². The number of rotatable bonds is 7. The molecule has 22 heavy (non-hydrogen) atoms. The number of aliphatic hydroxyl groups is 1. The highest BCUT2D eigenvalue weighted by Gasteiger charge is 2.34. The fraction of sp³-hybridized carbons (Fsp3) is 0.588. The molecule has 1 aliphatic rings. The summed E-state index contributed by atoms with van der Waals surface area (Å²) in [4.78, 5) is 14.0. The first-order valence-corrected chi connectivity index (χ1v) is 7.96. The molecule has 5 nitrogen and oxygen atoms in total. The number of hydrogen-bond acceptors (Lipinski definition) is 3. The molecule has 3 N–H and O–H groups in total. The van der Waals surface area contributed by atoms with Crippen molar-refractivity contribution in [3.63, 3.8) is 0 Å². The summed E-state index contributed by atoms with van der Waals surface area (Å²) in [7, 11) is 2.04. The van der Waals surface area contributed by atoms with Gasteiger partial charge in [-0.25, -0.2) is 4.79 Å². The van der Waals surface area contributed by atoms with E-state index >= 15 is 0 Å². The Morgan fingerprint density at radius 3 is 2.64 bits per heavy atom. The second-order valence-electron chi connectivity index (χ2n) is 6.49. The van der Waals surface area contributed by atoms with Gasteiger partial charge in [0.2, 0.25) is 0 Å². The van der Waals surface area contributed by atoms with Gasteiger partial charge >= 0.3 is 6.03 Å². The van der Waals surface area contributed by atoms with E-state index in [0.29, 0.717) is 6.54 Å². The first kappa shape index (κ1) is 16.8. The fourth-order valence-electron chi connectivity index (χ4n) is 2.75. The number of carbonyl (C=O) groups is 1. The average Bonchev–Trinajstić information content (AvgIpc) is 2.43. The van der Waals surface area contributed by atoms with Crippen molar-refractivity contribution in [1.82, 2.24) is 15.5 Å². The van der Waals surface area contributed by atoms with Gasteiger partial charge in [-0.3, -0.25) is 0 Å². The van der Waals surface area contributed by atoms with Crippen LogP contribution in [0.5, 0.6) is 0 Å². The van der Waals surface area contributed by atoms with E-state index in [0.717, 1.165) is 32.4 Å². The molecule has 1 fully saturated rings. The van der Waals surface area contributed by atoms with Gasteiger partial charge in [-0.15, -0.1) is 0 Å². The molecule has 2 amide bonds. The molecular formula is C17H27N3O2. The van der Waals surface area contributed by atoms with Gasteiger partial charge in [0.1, 0.15) is 0 Å². The van der Waals surface area contributed by atoms with Crippen molar-refractivity contribution in [2.45, 2.75) is 44.4 Å². The molecule has 122 valence electrons. The van der Waals surface area contributed by atoms with Crippen molar-refractivity contribution in [3.05, 3.63) is 35.9 Å². The van der Waals surface area contributed by atoms with Crippen LogP contribution in [0.3, 0.4) is 0 Å². The van der Waals surface area contributed by atoms with Gasteiger partial charge in [-0.05, 0) is 38.8 Å². The van der Waals surface area contributed by atoms with E-state index in [1.807, 2.05) is 32.2 Å². The lowest BCUT2D eigenvalue weighted by molar-refractivity contribution is -0.0290. The third kappa shape index (κ3) is 5.31. The Morgan fingerprint density at radius 1 is 1.36 bits per heavy atom. The zero-order valence-corrected chi connectivity index (χ0v) is 13.5. The van der Waals surface area contributed by atoms with Crippen LogP contribution in [0.2, 0.25) is 0 Å². The molecule has 1 unspecified atom stereocenters. The lowest BCUT2D eigenvalue weighted by atomic mass is 9.80. The topological polar surface area (TPSA) is 64.6 Å². The number of urea groups is 1. The van der Waals surface area contributed by atoms with E-state index in [1.165, 1.54) is 5.56 Å². The summed E-state index contributed by atoms with van der Waals surface area (Å²) in [6, 6.07) is 10.1. The largest absolute Gasteiger partial charge is 0.388 e. The Kier molecular flexibility index (Phi) is 5.80. The molecule has 1 aliphatic carbocycles. The lowest BCUT2D eigenvalue weighted by Crippen LogP contribution is -2.52. The second kappa shape index (κ2) is 7.61. The summed E-state index contributed by atoms with van der Waals surface area (Å²) >= 11 is 0. The van der Waals surface area contributed by atoms with Crippen molar-refractivity contribution >= 4 is 6.03 Å². The van der Waals surface area contributed by atoms with Gasteiger partial charge in [-0.1, -0.05) is 30.3 Å². The second-order valence-corrected chi connectivity index (χ2v) is 6.49. The number of carbonyl (C=O) groups excluding carboxylic acids is 1. The van der Waals surface area contributed by atoms with E-state index in [1.54, 1.807) is 0 Å². The third-order valence-electron chi connectivity index (χ3n) is 4.12. The number of nitrogens with one attached hydrogen (secondary N) is 2. The third-order valence-corrected chi connectivity index (χ3v) is 4.12. The molecule has 0 aromatic heterocycles. The normalized spacial score (nSPS) is 17.6. The highest BCUT2D eigenvalue weighted by Crippen LogP contribution is 2.30. The molecule has 5 heteroatoms. The smallest absolute Gasteiger partial charge is 0.315 e. The van der Waals surface area contributed by atoms with Gasteiger partial charge in [0.25, 0.3) is 0 Å². The summed E-state index contributed by atoms with van der Waals surface area (Å²) in [5, 5.41) is 15.6. The SMILES string of the molecule is CC(CN(C)Cc1ccccc1)NC(=O)NCC1(O)CCC1. The molecule has 0 radical (unpaired) electrons. The Morgan fingerprint density at radius 2 is 2.05 bits per heavy atom. The maximum atomic E-state index is 11.8. The minimum Gasteiger partial charge on any atom is -0.388 e. The summed E-state index contributed by atoms with van der Waals surface area (Å²) < 4.78 is 0. The molecule has 0 spiro atoms. The fourth-order valence-corrected chi connectivity index (χ4v) is 2.75. The van der Waals surface area contributed by atoms with Gasteiger partial charge in [-0.2, -0.15) is 0 Å². The van der Waals surface area contributed by atoms with Crippen molar-refractivity contribution < 1.29 is 9.90 Å².